The summed E-state index contributed by atoms with van der Waals surface area (Å²) in [5, 5.41) is 0.905. The second-order valence-electron chi connectivity index (χ2n) is 5.11. The third-order valence-electron chi connectivity index (χ3n) is 3.50. The van der Waals surface area contributed by atoms with Crippen molar-refractivity contribution >= 4 is 29.1 Å². The minimum atomic E-state index is 0.499. The van der Waals surface area contributed by atoms with Crippen molar-refractivity contribution in [2.75, 3.05) is 19.5 Å². The largest absolute Gasteiger partial charge is 0.493 e. The molecule has 0 amide bonds. The lowest BCUT2D eigenvalue weighted by molar-refractivity contribution is 0.111. The van der Waals surface area contributed by atoms with Crippen molar-refractivity contribution < 1.29 is 14.3 Å². The standard InChI is InChI=1S/C18H18N2O3S/c1-22-16-9-4-6-13(12-21)17(16)23-10-5-11-24-18-19-14-7-2-3-8-15(14)20-18/h2-4,6-9,12H,5,10-11H2,1H3,(H,19,20). The summed E-state index contributed by atoms with van der Waals surface area (Å²) in [5.41, 5.74) is 2.51. The van der Waals surface area contributed by atoms with Gasteiger partial charge in [-0.1, -0.05) is 30.0 Å². The summed E-state index contributed by atoms with van der Waals surface area (Å²) in [6.45, 7) is 0.508. The summed E-state index contributed by atoms with van der Waals surface area (Å²) >= 11 is 1.65. The number of aldehydes is 1. The summed E-state index contributed by atoms with van der Waals surface area (Å²) in [6, 6.07) is 13.2. The lowest BCUT2D eigenvalue weighted by Gasteiger charge is -2.12. The fourth-order valence-corrected chi connectivity index (χ4v) is 3.14. The first-order valence-corrected chi connectivity index (χ1v) is 8.63. The van der Waals surface area contributed by atoms with Gasteiger partial charge in [-0.2, -0.15) is 0 Å². The number of aromatic amines is 1. The van der Waals surface area contributed by atoms with Crippen LogP contribution in [-0.4, -0.2) is 35.7 Å². The zero-order valence-corrected chi connectivity index (χ0v) is 14.1. The van der Waals surface area contributed by atoms with Gasteiger partial charge in [0, 0.05) is 5.75 Å². The van der Waals surface area contributed by atoms with Crippen LogP contribution in [0.5, 0.6) is 11.5 Å². The molecule has 3 aromatic rings. The maximum absolute atomic E-state index is 11.1. The van der Waals surface area contributed by atoms with Gasteiger partial charge in [0.25, 0.3) is 0 Å². The Bertz CT molecular complexity index is 799. The molecule has 124 valence electrons. The van der Waals surface area contributed by atoms with Crippen LogP contribution in [0.2, 0.25) is 0 Å². The number of benzene rings is 2. The van der Waals surface area contributed by atoms with Crippen molar-refractivity contribution in [3.63, 3.8) is 0 Å². The van der Waals surface area contributed by atoms with Crippen molar-refractivity contribution in [2.24, 2.45) is 0 Å². The highest BCUT2D eigenvalue weighted by atomic mass is 32.2. The summed E-state index contributed by atoms with van der Waals surface area (Å²) in [6.07, 6.45) is 1.61. The van der Waals surface area contributed by atoms with Gasteiger partial charge in [0.2, 0.25) is 0 Å². The molecule has 3 rings (SSSR count). The Labute approximate surface area is 144 Å². The first-order valence-electron chi connectivity index (χ1n) is 7.64. The van der Waals surface area contributed by atoms with Crippen LogP contribution in [0.25, 0.3) is 11.0 Å². The van der Waals surface area contributed by atoms with E-state index in [9.17, 15) is 4.79 Å². The molecule has 1 aromatic heterocycles. The number of carbonyl (C=O) groups is 1. The number of ether oxygens (including phenoxy) is 2. The smallest absolute Gasteiger partial charge is 0.171 e. The van der Waals surface area contributed by atoms with Crippen LogP contribution < -0.4 is 9.47 Å². The number of hydrogen-bond acceptors (Lipinski definition) is 5. The molecule has 24 heavy (non-hydrogen) atoms. The SMILES string of the molecule is COc1cccc(C=O)c1OCCCSc1nc2ccccc2[nH]1. The highest BCUT2D eigenvalue weighted by Gasteiger charge is 2.10. The number of rotatable bonds is 8. The number of methoxy groups -OCH3 is 1. The number of fused-ring (bicyclic) bond motifs is 1. The molecule has 1 N–H and O–H groups in total. The normalized spacial score (nSPS) is 10.7. The third kappa shape index (κ3) is 3.71. The number of thioether (sulfide) groups is 1. The Morgan fingerprint density at radius 3 is 2.88 bits per heavy atom. The lowest BCUT2D eigenvalue weighted by atomic mass is 10.2. The molecule has 0 aliphatic carbocycles. The molecule has 6 heteroatoms. The molecule has 0 aliphatic rings. The topological polar surface area (TPSA) is 64.2 Å². The Balaban J connectivity index is 1.51. The molecule has 1 heterocycles. The van der Waals surface area contributed by atoms with Gasteiger partial charge in [0.05, 0.1) is 30.3 Å². The summed E-state index contributed by atoms with van der Waals surface area (Å²) in [5.74, 6) is 1.94. The lowest BCUT2D eigenvalue weighted by Crippen LogP contribution is -2.03. The molecular weight excluding hydrogens is 324 g/mol. The second kappa shape index (κ2) is 7.88. The van der Waals surface area contributed by atoms with Crippen LogP contribution in [0, 0.1) is 0 Å². The third-order valence-corrected chi connectivity index (χ3v) is 4.46. The first kappa shape index (κ1) is 16.4. The van der Waals surface area contributed by atoms with E-state index in [1.165, 1.54) is 0 Å². The Morgan fingerprint density at radius 1 is 1.21 bits per heavy atom. The van der Waals surface area contributed by atoms with E-state index in [1.54, 1.807) is 37.1 Å². The number of hydrogen-bond donors (Lipinski definition) is 1. The van der Waals surface area contributed by atoms with Gasteiger partial charge in [-0.05, 0) is 30.7 Å². The Morgan fingerprint density at radius 2 is 2.08 bits per heavy atom. The van der Waals surface area contributed by atoms with Crippen molar-refractivity contribution in [2.45, 2.75) is 11.6 Å². The van der Waals surface area contributed by atoms with Gasteiger partial charge < -0.3 is 14.5 Å². The van der Waals surface area contributed by atoms with Crippen molar-refractivity contribution in [1.29, 1.82) is 0 Å². The minimum absolute atomic E-state index is 0.499. The van der Waals surface area contributed by atoms with Gasteiger partial charge in [0.15, 0.2) is 22.9 Å². The summed E-state index contributed by atoms with van der Waals surface area (Å²) < 4.78 is 11.0. The van der Waals surface area contributed by atoms with Gasteiger partial charge >= 0.3 is 0 Å². The maximum atomic E-state index is 11.1. The minimum Gasteiger partial charge on any atom is -0.493 e. The fraction of sp³-hybridized carbons (Fsp3) is 0.222. The molecule has 2 aromatic carbocycles. The molecule has 0 spiro atoms. The number of imidazole rings is 1. The van der Waals surface area contributed by atoms with Gasteiger partial charge in [0.1, 0.15) is 0 Å². The number of H-pyrrole nitrogens is 1. The van der Waals surface area contributed by atoms with E-state index >= 15 is 0 Å². The number of aromatic nitrogens is 2. The Kier molecular flexibility index (Phi) is 5.38. The van der Waals surface area contributed by atoms with E-state index < -0.39 is 0 Å². The molecule has 0 unspecified atom stereocenters. The number of carbonyl (C=O) groups excluding carboxylic acids is 1. The molecule has 0 bridgehead atoms. The number of nitrogens with one attached hydrogen (secondary N) is 1. The number of para-hydroxylation sites is 3. The van der Waals surface area contributed by atoms with E-state index in [2.05, 4.69) is 9.97 Å². The second-order valence-corrected chi connectivity index (χ2v) is 6.19. The Hall–Kier alpha value is -2.47. The van der Waals surface area contributed by atoms with E-state index in [0.29, 0.717) is 23.7 Å². The predicted molar refractivity (Wildman–Crippen MR) is 95.3 cm³/mol. The quantitative estimate of drug-likeness (QED) is 0.381. The average molecular weight is 342 g/mol. The average Bonchev–Trinajstić information content (AvgIpc) is 3.04. The summed E-state index contributed by atoms with van der Waals surface area (Å²) in [4.78, 5) is 18.9. The molecule has 0 atom stereocenters. The van der Waals surface area contributed by atoms with E-state index in [4.69, 9.17) is 9.47 Å². The monoisotopic (exact) mass is 342 g/mol. The van der Waals surface area contributed by atoms with Gasteiger partial charge in [-0.3, -0.25) is 4.79 Å². The van der Waals surface area contributed by atoms with Crippen LogP contribution in [-0.2, 0) is 0 Å². The molecule has 0 saturated heterocycles. The fourth-order valence-electron chi connectivity index (χ4n) is 2.34. The molecular formula is C18H18N2O3S. The first-order chi connectivity index (χ1) is 11.8. The zero-order chi connectivity index (χ0) is 16.8. The van der Waals surface area contributed by atoms with Gasteiger partial charge in [-0.15, -0.1) is 0 Å². The van der Waals surface area contributed by atoms with Crippen molar-refractivity contribution in [1.82, 2.24) is 9.97 Å². The molecule has 0 aliphatic heterocycles. The van der Waals surface area contributed by atoms with Crippen molar-refractivity contribution in [3.05, 3.63) is 48.0 Å². The predicted octanol–water partition coefficient (Wildman–Crippen LogP) is 3.95. The molecule has 0 saturated carbocycles. The molecule has 0 radical (unpaired) electrons. The van der Waals surface area contributed by atoms with Crippen LogP contribution in [0.3, 0.4) is 0 Å². The zero-order valence-electron chi connectivity index (χ0n) is 13.3. The summed E-state index contributed by atoms with van der Waals surface area (Å²) in [7, 11) is 1.56. The van der Waals surface area contributed by atoms with E-state index in [-0.39, 0.29) is 0 Å². The van der Waals surface area contributed by atoms with Crippen molar-refractivity contribution in [3.8, 4) is 11.5 Å². The maximum Gasteiger partial charge on any atom is 0.171 e. The van der Waals surface area contributed by atoms with Crippen LogP contribution in [0.4, 0.5) is 0 Å². The highest BCUT2D eigenvalue weighted by Crippen LogP contribution is 2.30. The van der Waals surface area contributed by atoms with Crippen LogP contribution in [0.15, 0.2) is 47.6 Å². The molecule has 0 fully saturated rings. The van der Waals surface area contributed by atoms with Gasteiger partial charge in [-0.25, -0.2) is 4.98 Å². The number of nitrogens with zero attached hydrogens (tertiary/aromatic N) is 1. The van der Waals surface area contributed by atoms with E-state index in [0.717, 1.165) is 34.6 Å². The molecule has 5 nitrogen and oxygen atoms in total. The van der Waals surface area contributed by atoms with Crippen LogP contribution in [0.1, 0.15) is 16.8 Å². The highest BCUT2D eigenvalue weighted by molar-refractivity contribution is 7.99. The van der Waals surface area contributed by atoms with E-state index in [1.807, 2.05) is 24.3 Å². The van der Waals surface area contributed by atoms with Crippen LogP contribution >= 0.6 is 11.8 Å².